The Bertz CT molecular complexity index is 1280. The number of benzene rings is 3. The molecule has 1 atom stereocenters. The largest absolute Gasteiger partial charge is 0.340 e. The van der Waals surface area contributed by atoms with E-state index in [-0.39, 0.29) is 11.8 Å². The van der Waals surface area contributed by atoms with Crippen LogP contribution in [0.4, 0.5) is 5.13 Å². The molecular weight excluding hydrogens is 468 g/mol. The Morgan fingerprint density at radius 1 is 0.912 bits per heavy atom. The molecule has 2 amide bonds. The highest BCUT2D eigenvalue weighted by molar-refractivity contribution is 7.18. The van der Waals surface area contributed by atoms with Crippen molar-refractivity contribution in [2.75, 3.05) is 5.32 Å². The molecule has 1 heterocycles. The summed E-state index contributed by atoms with van der Waals surface area (Å²) in [5.74, 6) is -0.733. The molecule has 4 rings (SSSR count). The monoisotopic (exact) mass is 488 g/mol. The van der Waals surface area contributed by atoms with Gasteiger partial charge in [-0.3, -0.25) is 14.9 Å². The second-order valence-electron chi connectivity index (χ2n) is 7.40. The summed E-state index contributed by atoms with van der Waals surface area (Å²) >= 11 is 7.19. The van der Waals surface area contributed by atoms with Gasteiger partial charge in [0.25, 0.3) is 0 Å². The lowest BCUT2D eigenvalue weighted by atomic mass is 10.1. The first-order valence-corrected chi connectivity index (χ1v) is 11.7. The van der Waals surface area contributed by atoms with E-state index < -0.39 is 6.04 Å². The summed E-state index contributed by atoms with van der Waals surface area (Å²) in [5, 5.41) is 15.4. The van der Waals surface area contributed by atoms with E-state index >= 15 is 0 Å². The number of carbonyl (C=O) groups excluding carboxylic acids is 2. The molecule has 0 saturated heterocycles. The van der Waals surface area contributed by atoms with Crippen LogP contribution in [0.15, 0.2) is 91.0 Å². The molecule has 34 heavy (non-hydrogen) atoms. The highest BCUT2D eigenvalue weighted by atomic mass is 35.5. The van der Waals surface area contributed by atoms with Gasteiger partial charge in [-0.1, -0.05) is 95.7 Å². The third-order valence-corrected chi connectivity index (χ3v) is 6.03. The number of nitrogens with one attached hydrogen (secondary N) is 2. The van der Waals surface area contributed by atoms with Gasteiger partial charge in [0, 0.05) is 23.1 Å². The molecule has 1 aromatic heterocycles. The minimum absolute atomic E-state index is 0.334. The van der Waals surface area contributed by atoms with Crippen LogP contribution in [0.1, 0.15) is 11.1 Å². The summed E-state index contributed by atoms with van der Waals surface area (Å²) in [6.07, 6.45) is 3.46. The maximum atomic E-state index is 13.1. The first-order chi connectivity index (χ1) is 16.6. The Kier molecular flexibility index (Phi) is 7.80. The zero-order valence-corrected chi connectivity index (χ0v) is 19.6. The van der Waals surface area contributed by atoms with Crippen LogP contribution in [0.25, 0.3) is 16.6 Å². The molecular formula is C26H21ClN4O2S. The number of anilines is 1. The first-order valence-electron chi connectivity index (χ1n) is 10.5. The van der Waals surface area contributed by atoms with Crippen molar-refractivity contribution in [2.24, 2.45) is 0 Å². The Labute approximate surface area is 206 Å². The lowest BCUT2D eigenvalue weighted by molar-refractivity contribution is -0.123. The molecule has 0 unspecified atom stereocenters. The van der Waals surface area contributed by atoms with Crippen LogP contribution in [0.3, 0.4) is 0 Å². The molecule has 0 aliphatic rings. The third-order valence-electron chi connectivity index (χ3n) is 4.89. The predicted molar refractivity (Wildman–Crippen MR) is 137 cm³/mol. The average molecular weight is 489 g/mol. The zero-order chi connectivity index (χ0) is 23.8. The first kappa shape index (κ1) is 23.4. The fraction of sp³-hybridized carbons (Fsp3) is 0.0769. The van der Waals surface area contributed by atoms with E-state index in [1.807, 2.05) is 72.8 Å². The van der Waals surface area contributed by atoms with Gasteiger partial charge >= 0.3 is 0 Å². The van der Waals surface area contributed by atoms with Crippen LogP contribution in [0.2, 0.25) is 5.02 Å². The summed E-state index contributed by atoms with van der Waals surface area (Å²) in [4.78, 5) is 25.7. The van der Waals surface area contributed by atoms with Crippen molar-refractivity contribution >= 4 is 46.0 Å². The fourth-order valence-electron chi connectivity index (χ4n) is 3.19. The SMILES string of the molecule is O=C(/C=C/c1ccccc1)N[C@@H](Cc1ccccc1)C(=O)Nc1nnc(-c2ccc(Cl)cc2)s1. The molecule has 4 aromatic rings. The van der Waals surface area contributed by atoms with Gasteiger partial charge in [0.2, 0.25) is 16.9 Å². The van der Waals surface area contributed by atoms with Gasteiger partial charge < -0.3 is 5.32 Å². The predicted octanol–water partition coefficient (Wildman–Crippen LogP) is 5.24. The second kappa shape index (κ2) is 11.4. The van der Waals surface area contributed by atoms with Crippen LogP contribution >= 0.6 is 22.9 Å². The van der Waals surface area contributed by atoms with Crippen LogP contribution in [0.5, 0.6) is 0 Å². The summed E-state index contributed by atoms with van der Waals surface area (Å²) in [7, 11) is 0. The minimum Gasteiger partial charge on any atom is -0.340 e. The molecule has 170 valence electrons. The number of carbonyl (C=O) groups is 2. The minimum atomic E-state index is -0.793. The molecule has 8 heteroatoms. The maximum absolute atomic E-state index is 13.1. The van der Waals surface area contributed by atoms with Crippen LogP contribution in [-0.4, -0.2) is 28.1 Å². The van der Waals surface area contributed by atoms with E-state index in [2.05, 4.69) is 20.8 Å². The van der Waals surface area contributed by atoms with Crippen molar-refractivity contribution < 1.29 is 9.59 Å². The van der Waals surface area contributed by atoms with E-state index in [9.17, 15) is 9.59 Å². The average Bonchev–Trinajstić information content (AvgIpc) is 3.32. The smallest absolute Gasteiger partial charge is 0.249 e. The van der Waals surface area contributed by atoms with E-state index in [0.29, 0.717) is 21.6 Å². The summed E-state index contributed by atoms with van der Waals surface area (Å²) in [5.41, 5.74) is 2.67. The number of nitrogens with zero attached hydrogens (tertiary/aromatic N) is 2. The number of amides is 2. The van der Waals surface area contributed by atoms with Crippen molar-refractivity contribution in [3.05, 3.63) is 107 Å². The summed E-state index contributed by atoms with van der Waals surface area (Å²) in [6, 6.07) is 25.4. The van der Waals surface area contributed by atoms with E-state index in [4.69, 9.17) is 11.6 Å². The molecule has 0 fully saturated rings. The maximum Gasteiger partial charge on any atom is 0.249 e. The quantitative estimate of drug-likeness (QED) is 0.332. The number of hydrogen-bond acceptors (Lipinski definition) is 5. The Morgan fingerprint density at radius 2 is 1.59 bits per heavy atom. The number of aromatic nitrogens is 2. The standard InChI is InChI=1S/C26H21ClN4O2S/c27-21-14-12-20(13-15-21)25-30-31-26(34-25)29-24(33)22(17-19-9-5-2-6-10-19)28-23(32)16-11-18-7-3-1-4-8-18/h1-16,22H,17H2,(H,28,32)(H,29,31,33)/b16-11+/t22-/m0/s1. The molecule has 2 N–H and O–H groups in total. The van der Waals surface area contributed by atoms with E-state index in [1.165, 1.54) is 17.4 Å². The molecule has 0 aliphatic carbocycles. The lowest BCUT2D eigenvalue weighted by Gasteiger charge is -2.17. The van der Waals surface area contributed by atoms with Gasteiger partial charge in [0.15, 0.2) is 0 Å². The van der Waals surface area contributed by atoms with Gasteiger partial charge in [0.05, 0.1) is 0 Å². The molecule has 0 spiro atoms. The molecule has 0 saturated carbocycles. The number of halogens is 1. The van der Waals surface area contributed by atoms with Crippen molar-refractivity contribution in [2.45, 2.75) is 12.5 Å². The summed E-state index contributed by atoms with van der Waals surface area (Å²) < 4.78 is 0. The molecule has 0 radical (unpaired) electrons. The molecule has 6 nitrogen and oxygen atoms in total. The van der Waals surface area contributed by atoms with Gasteiger partial charge in [0.1, 0.15) is 11.0 Å². The van der Waals surface area contributed by atoms with Crippen molar-refractivity contribution in [1.82, 2.24) is 15.5 Å². The van der Waals surface area contributed by atoms with Gasteiger partial charge in [-0.25, -0.2) is 0 Å². The van der Waals surface area contributed by atoms with Crippen molar-refractivity contribution in [3.63, 3.8) is 0 Å². The van der Waals surface area contributed by atoms with E-state index in [0.717, 1.165) is 16.7 Å². The van der Waals surface area contributed by atoms with Gasteiger partial charge in [-0.2, -0.15) is 0 Å². The summed E-state index contributed by atoms with van der Waals surface area (Å²) in [6.45, 7) is 0. The Hall–Kier alpha value is -3.81. The van der Waals surface area contributed by atoms with Gasteiger partial charge in [-0.15, -0.1) is 10.2 Å². The highest BCUT2D eigenvalue weighted by Gasteiger charge is 2.22. The number of hydrogen-bond donors (Lipinski definition) is 2. The van der Waals surface area contributed by atoms with Crippen molar-refractivity contribution in [1.29, 1.82) is 0 Å². The Balaban J connectivity index is 1.46. The topological polar surface area (TPSA) is 84.0 Å². The zero-order valence-electron chi connectivity index (χ0n) is 18.0. The molecule has 3 aromatic carbocycles. The third kappa shape index (κ3) is 6.60. The van der Waals surface area contributed by atoms with E-state index in [1.54, 1.807) is 18.2 Å². The van der Waals surface area contributed by atoms with Gasteiger partial charge in [-0.05, 0) is 29.3 Å². The van der Waals surface area contributed by atoms with Crippen LogP contribution < -0.4 is 10.6 Å². The second-order valence-corrected chi connectivity index (χ2v) is 8.82. The van der Waals surface area contributed by atoms with Crippen molar-refractivity contribution in [3.8, 4) is 10.6 Å². The van der Waals surface area contributed by atoms with Crippen LogP contribution in [0, 0.1) is 0 Å². The van der Waals surface area contributed by atoms with Crippen LogP contribution in [-0.2, 0) is 16.0 Å². The fourth-order valence-corrected chi connectivity index (χ4v) is 4.07. The lowest BCUT2D eigenvalue weighted by Crippen LogP contribution is -2.44. The molecule has 0 bridgehead atoms. The Morgan fingerprint density at radius 3 is 2.29 bits per heavy atom. The highest BCUT2D eigenvalue weighted by Crippen LogP contribution is 2.27. The molecule has 0 aliphatic heterocycles. The normalized spacial score (nSPS) is 11.8. The number of rotatable bonds is 8.